The van der Waals surface area contributed by atoms with Crippen molar-refractivity contribution in [1.82, 2.24) is 0 Å². The first kappa shape index (κ1) is 7.61. The number of rotatable bonds is 2. The normalized spacial score (nSPS) is 43.7. The van der Waals surface area contributed by atoms with E-state index in [2.05, 4.69) is 0 Å². The smallest absolute Gasteiger partial charge is 0.202 e. The molecule has 2 unspecified atom stereocenters. The molecular formula is C4H11O3PS. The van der Waals surface area contributed by atoms with E-state index < -0.39 is 19.3 Å². The van der Waals surface area contributed by atoms with Gasteiger partial charge in [-0.3, -0.25) is 8.75 Å². The Morgan fingerprint density at radius 1 is 1.78 bits per heavy atom. The van der Waals surface area contributed by atoms with Gasteiger partial charge in [-0.05, 0) is 6.42 Å². The first-order valence-electron chi connectivity index (χ1n) is 2.79. The zero-order valence-corrected chi connectivity index (χ0v) is 7.30. The van der Waals surface area contributed by atoms with Gasteiger partial charge in [0.05, 0.1) is 6.61 Å². The molecule has 1 aliphatic heterocycles. The zero-order chi connectivity index (χ0) is 6.74. The standard InChI is InChI=1S/C4H11O3PS/c1-9(7-8-5)4-2-3-6-9/h2-4,8H2,1H3. The van der Waals surface area contributed by atoms with Crippen molar-refractivity contribution >= 4 is 19.3 Å². The lowest BCUT2D eigenvalue weighted by Gasteiger charge is -2.30. The first-order chi connectivity index (χ1) is 4.27. The summed E-state index contributed by atoms with van der Waals surface area (Å²) in [5, 5.41) is 0. The summed E-state index contributed by atoms with van der Waals surface area (Å²) in [4.78, 5) is 0. The number of hydrogen-bond acceptors (Lipinski definition) is 3. The van der Waals surface area contributed by atoms with E-state index >= 15 is 0 Å². The highest BCUT2D eigenvalue weighted by molar-refractivity contribution is 8.26. The van der Waals surface area contributed by atoms with Crippen molar-refractivity contribution in [2.45, 2.75) is 6.42 Å². The molecule has 0 amide bonds. The van der Waals surface area contributed by atoms with Crippen molar-refractivity contribution in [3.05, 3.63) is 0 Å². The Morgan fingerprint density at radius 3 is 3.00 bits per heavy atom. The molecular weight excluding hydrogens is 159 g/mol. The largest absolute Gasteiger partial charge is 0.298 e. The molecule has 1 saturated heterocycles. The van der Waals surface area contributed by atoms with Crippen molar-refractivity contribution in [1.29, 1.82) is 0 Å². The summed E-state index contributed by atoms with van der Waals surface area (Å²) in [6.07, 6.45) is 2.95. The molecule has 0 aliphatic carbocycles. The highest BCUT2D eigenvalue weighted by Crippen LogP contribution is 2.53. The molecule has 2 atom stereocenters. The molecule has 1 heterocycles. The van der Waals surface area contributed by atoms with E-state index in [-0.39, 0.29) is 0 Å². The maximum Gasteiger partial charge on any atom is 0.202 e. The van der Waals surface area contributed by atoms with Gasteiger partial charge in [-0.15, -0.1) is 0 Å². The van der Waals surface area contributed by atoms with Gasteiger partial charge in [0.1, 0.15) is 0 Å². The van der Waals surface area contributed by atoms with E-state index in [0.717, 1.165) is 18.8 Å². The van der Waals surface area contributed by atoms with Crippen LogP contribution in [0.25, 0.3) is 0 Å². The van der Waals surface area contributed by atoms with Crippen LogP contribution < -0.4 is 0 Å². The second kappa shape index (κ2) is 3.06. The molecule has 0 aromatic rings. The lowest BCUT2D eigenvalue weighted by Crippen LogP contribution is -1.95. The van der Waals surface area contributed by atoms with E-state index in [1.165, 1.54) is 0 Å². The Bertz CT molecular complexity index is 112. The molecule has 3 nitrogen and oxygen atoms in total. The molecule has 0 radical (unpaired) electrons. The van der Waals surface area contributed by atoms with Crippen molar-refractivity contribution in [3.63, 3.8) is 0 Å². The minimum atomic E-state index is -1.33. The fourth-order valence-corrected chi connectivity index (χ4v) is 3.28. The molecule has 5 heteroatoms. The van der Waals surface area contributed by atoms with Crippen LogP contribution in [0.3, 0.4) is 0 Å². The van der Waals surface area contributed by atoms with Gasteiger partial charge in [-0.2, -0.15) is 10.6 Å². The SMILES string of the molecule is CS1(O[PH2]=O)CCCO1. The summed E-state index contributed by atoms with van der Waals surface area (Å²) in [7, 11) is -2.42. The molecule has 0 saturated carbocycles. The van der Waals surface area contributed by atoms with Crippen molar-refractivity contribution in [2.24, 2.45) is 0 Å². The van der Waals surface area contributed by atoms with E-state index in [4.69, 9.17) is 8.15 Å². The quantitative estimate of drug-likeness (QED) is 0.587. The fourth-order valence-electron chi connectivity index (χ4n) is 0.774. The molecule has 1 rings (SSSR count). The minimum absolute atomic E-state index is 0.769. The third kappa shape index (κ3) is 1.97. The molecule has 56 valence electrons. The van der Waals surface area contributed by atoms with Crippen LogP contribution in [0.5, 0.6) is 0 Å². The minimum Gasteiger partial charge on any atom is -0.298 e. The topological polar surface area (TPSA) is 35.5 Å². The Morgan fingerprint density at radius 2 is 2.56 bits per heavy atom. The second-order valence-corrected chi connectivity index (χ2v) is 5.46. The molecule has 1 fully saturated rings. The van der Waals surface area contributed by atoms with Gasteiger partial charge >= 0.3 is 0 Å². The zero-order valence-electron chi connectivity index (χ0n) is 5.33. The molecule has 1 aliphatic rings. The van der Waals surface area contributed by atoms with Crippen molar-refractivity contribution < 1.29 is 12.7 Å². The van der Waals surface area contributed by atoms with Crippen molar-refractivity contribution in [2.75, 3.05) is 18.6 Å². The summed E-state index contributed by atoms with van der Waals surface area (Å²) in [5.41, 5.74) is 0. The highest BCUT2D eigenvalue weighted by atomic mass is 32.3. The van der Waals surface area contributed by atoms with Crippen LogP contribution in [-0.2, 0) is 12.7 Å². The predicted octanol–water partition coefficient (Wildman–Crippen LogP) is 1.36. The maximum absolute atomic E-state index is 10.1. The lowest BCUT2D eigenvalue weighted by atomic mass is 10.5. The molecule has 0 bridgehead atoms. The van der Waals surface area contributed by atoms with Crippen LogP contribution in [-0.4, -0.2) is 18.6 Å². The van der Waals surface area contributed by atoms with Gasteiger partial charge in [0.15, 0.2) is 0 Å². The molecule has 0 N–H and O–H groups in total. The summed E-state index contributed by atoms with van der Waals surface area (Å²) >= 11 is 0. The van der Waals surface area contributed by atoms with E-state index in [1.54, 1.807) is 0 Å². The Labute approximate surface area is 57.7 Å². The average molecular weight is 170 g/mol. The van der Waals surface area contributed by atoms with Gasteiger partial charge < -0.3 is 0 Å². The lowest BCUT2D eigenvalue weighted by molar-refractivity contribution is 0.362. The van der Waals surface area contributed by atoms with Crippen LogP contribution >= 0.6 is 19.3 Å². The van der Waals surface area contributed by atoms with Gasteiger partial charge in [0.25, 0.3) is 0 Å². The molecule has 0 aromatic heterocycles. The van der Waals surface area contributed by atoms with Crippen molar-refractivity contribution in [3.8, 4) is 0 Å². The first-order valence-corrected chi connectivity index (χ1v) is 5.79. The predicted molar refractivity (Wildman–Crippen MR) is 40.4 cm³/mol. The monoisotopic (exact) mass is 170 g/mol. The van der Waals surface area contributed by atoms with Crippen LogP contribution in [0.1, 0.15) is 6.42 Å². The van der Waals surface area contributed by atoms with Crippen LogP contribution in [0, 0.1) is 0 Å². The summed E-state index contributed by atoms with van der Waals surface area (Å²) in [6.45, 7) is 0.769. The number of hydrogen-bond donors (Lipinski definition) is 0. The molecule has 9 heavy (non-hydrogen) atoms. The van der Waals surface area contributed by atoms with Crippen LogP contribution in [0.2, 0.25) is 0 Å². The Hall–Kier alpha value is 0.500. The second-order valence-electron chi connectivity index (χ2n) is 2.00. The van der Waals surface area contributed by atoms with Crippen LogP contribution in [0.4, 0.5) is 0 Å². The van der Waals surface area contributed by atoms with Gasteiger partial charge in [-0.25, -0.2) is 3.97 Å². The van der Waals surface area contributed by atoms with Gasteiger partial charge in [0.2, 0.25) is 8.69 Å². The molecule has 0 aromatic carbocycles. The fraction of sp³-hybridized carbons (Fsp3) is 1.00. The highest BCUT2D eigenvalue weighted by Gasteiger charge is 2.20. The Balaban J connectivity index is 2.40. The maximum atomic E-state index is 10.1. The van der Waals surface area contributed by atoms with E-state index in [1.807, 2.05) is 6.26 Å². The third-order valence-corrected chi connectivity index (χ3v) is 4.87. The summed E-state index contributed by atoms with van der Waals surface area (Å²) < 4.78 is 20.3. The Kier molecular flexibility index (Phi) is 2.59. The van der Waals surface area contributed by atoms with Gasteiger partial charge in [-0.1, -0.05) is 0 Å². The van der Waals surface area contributed by atoms with E-state index in [9.17, 15) is 4.57 Å². The summed E-state index contributed by atoms with van der Waals surface area (Å²) in [6, 6.07) is 0. The summed E-state index contributed by atoms with van der Waals surface area (Å²) in [5.74, 6) is 0.947. The van der Waals surface area contributed by atoms with Crippen LogP contribution in [0.15, 0.2) is 0 Å². The molecule has 0 spiro atoms. The van der Waals surface area contributed by atoms with E-state index in [0.29, 0.717) is 0 Å². The average Bonchev–Trinajstić information content (AvgIpc) is 2.16. The van der Waals surface area contributed by atoms with Gasteiger partial charge in [0, 0.05) is 12.0 Å². The third-order valence-electron chi connectivity index (χ3n) is 1.23.